The minimum atomic E-state index is -0.614. The van der Waals surface area contributed by atoms with Crippen molar-refractivity contribution in [2.75, 3.05) is 6.54 Å². The lowest BCUT2D eigenvalue weighted by atomic mass is 10.1. The molecule has 0 saturated heterocycles. The van der Waals surface area contributed by atoms with Crippen molar-refractivity contribution in [1.82, 2.24) is 15.1 Å². The van der Waals surface area contributed by atoms with Crippen molar-refractivity contribution in [2.24, 2.45) is 0 Å². The van der Waals surface area contributed by atoms with Crippen LogP contribution >= 0.6 is 11.6 Å². The molecule has 0 spiro atoms. The Morgan fingerprint density at radius 1 is 1.33 bits per heavy atom. The zero-order chi connectivity index (χ0) is 17.2. The molecule has 7 heteroatoms. The van der Waals surface area contributed by atoms with Gasteiger partial charge < -0.3 is 5.32 Å². The Kier molecular flexibility index (Phi) is 4.83. The van der Waals surface area contributed by atoms with Gasteiger partial charge in [-0.2, -0.15) is 10.4 Å². The van der Waals surface area contributed by atoms with Gasteiger partial charge >= 0.3 is 0 Å². The molecule has 3 rings (SSSR count). The summed E-state index contributed by atoms with van der Waals surface area (Å²) in [7, 11) is 0. The van der Waals surface area contributed by atoms with Crippen LogP contribution in [0.25, 0.3) is 0 Å². The number of nitrogens with one attached hydrogen (secondary N) is 1. The maximum atomic E-state index is 13.7. The van der Waals surface area contributed by atoms with Crippen LogP contribution in [0.5, 0.6) is 0 Å². The molecule has 1 fully saturated rings. The zero-order valence-corrected chi connectivity index (χ0v) is 13.8. The summed E-state index contributed by atoms with van der Waals surface area (Å²) in [6.45, 7) is 0.629. The summed E-state index contributed by atoms with van der Waals surface area (Å²) in [6.07, 6.45) is 4.80. The van der Waals surface area contributed by atoms with Crippen LogP contribution in [0.4, 0.5) is 8.78 Å². The Morgan fingerprint density at radius 2 is 2.04 bits per heavy atom. The second-order valence-corrected chi connectivity index (χ2v) is 6.47. The highest BCUT2D eigenvalue weighted by Crippen LogP contribution is 2.38. The van der Waals surface area contributed by atoms with E-state index in [-0.39, 0.29) is 17.6 Å². The van der Waals surface area contributed by atoms with E-state index in [1.54, 1.807) is 6.20 Å². The smallest absolute Gasteiger partial charge is 0.131 e. The molecule has 1 aliphatic rings. The SMILES string of the molecule is N#CCC1(NCCc2cnn(Cc3c(F)cccc3F)c2Cl)CC1. The molecule has 0 atom stereocenters. The summed E-state index contributed by atoms with van der Waals surface area (Å²) >= 11 is 6.28. The van der Waals surface area contributed by atoms with Crippen LogP contribution in [0.15, 0.2) is 24.4 Å². The molecule has 24 heavy (non-hydrogen) atoms. The molecule has 1 saturated carbocycles. The van der Waals surface area contributed by atoms with Crippen molar-refractivity contribution in [2.45, 2.75) is 37.8 Å². The third kappa shape index (κ3) is 3.58. The Morgan fingerprint density at radius 3 is 2.67 bits per heavy atom. The molecule has 4 nitrogen and oxygen atoms in total. The molecule has 0 unspecified atom stereocenters. The van der Waals surface area contributed by atoms with E-state index in [0.717, 1.165) is 18.4 Å². The van der Waals surface area contributed by atoms with Crippen LogP contribution < -0.4 is 5.32 Å². The molecule has 1 aliphatic carbocycles. The summed E-state index contributed by atoms with van der Waals surface area (Å²) in [4.78, 5) is 0. The lowest BCUT2D eigenvalue weighted by Gasteiger charge is -2.13. The van der Waals surface area contributed by atoms with Crippen molar-refractivity contribution < 1.29 is 8.78 Å². The average Bonchev–Trinajstić information content (AvgIpc) is 3.23. The molecule has 0 amide bonds. The number of hydrogen-bond acceptors (Lipinski definition) is 3. The van der Waals surface area contributed by atoms with Gasteiger partial charge in [0.2, 0.25) is 0 Å². The van der Waals surface area contributed by atoms with Crippen molar-refractivity contribution in [3.8, 4) is 6.07 Å². The highest BCUT2D eigenvalue weighted by atomic mass is 35.5. The number of nitrogens with zero attached hydrogens (tertiary/aromatic N) is 3. The molecule has 1 aromatic carbocycles. The van der Waals surface area contributed by atoms with E-state index in [0.29, 0.717) is 24.5 Å². The quantitative estimate of drug-likeness (QED) is 0.832. The van der Waals surface area contributed by atoms with Crippen LogP contribution in [0.2, 0.25) is 5.15 Å². The predicted octanol–water partition coefficient (Wildman–Crippen LogP) is 3.44. The first-order chi connectivity index (χ1) is 11.5. The van der Waals surface area contributed by atoms with Crippen molar-refractivity contribution >= 4 is 11.6 Å². The Hall–Kier alpha value is -1.97. The number of benzene rings is 1. The standard InChI is InChI=1S/C17H17ClF2N4/c18-16-12(4-9-22-17(5-6-17)7-8-21)10-23-24(16)11-13-14(19)2-1-3-15(13)20/h1-3,10,22H,4-7,9,11H2. The first-order valence-corrected chi connectivity index (χ1v) is 8.17. The number of hydrogen-bond donors (Lipinski definition) is 1. The maximum Gasteiger partial charge on any atom is 0.131 e. The first-order valence-electron chi connectivity index (χ1n) is 7.80. The highest BCUT2D eigenvalue weighted by Gasteiger charge is 2.41. The Bertz CT molecular complexity index is 757. The lowest BCUT2D eigenvalue weighted by molar-refractivity contribution is 0.509. The van der Waals surface area contributed by atoms with Crippen molar-refractivity contribution in [1.29, 1.82) is 5.26 Å². The molecular formula is C17H17ClF2N4. The van der Waals surface area contributed by atoms with Gasteiger partial charge in [0, 0.05) is 16.7 Å². The Balaban J connectivity index is 1.63. The third-order valence-electron chi connectivity index (χ3n) is 4.38. The molecule has 126 valence electrons. The van der Waals surface area contributed by atoms with Crippen molar-refractivity contribution in [3.63, 3.8) is 0 Å². The van der Waals surface area contributed by atoms with Crippen LogP contribution in [-0.2, 0) is 13.0 Å². The zero-order valence-electron chi connectivity index (χ0n) is 13.0. The van der Waals surface area contributed by atoms with Gasteiger partial charge in [-0.3, -0.25) is 0 Å². The van der Waals surface area contributed by atoms with Gasteiger partial charge in [-0.15, -0.1) is 0 Å². The normalized spacial score (nSPS) is 15.2. The molecule has 0 aliphatic heterocycles. The predicted molar refractivity (Wildman–Crippen MR) is 86.6 cm³/mol. The first kappa shape index (κ1) is 16.9. The summed E-state index contributed by atoms with van der Waals surface area (Å²) in [5.41, 5.74) is 0.722. The van der Waals surface area contributed by atoms with Gasteiger partial charge in [-0.05, 0) is 37.9 Å². The number of aromatic nitrogens is 2. The summed E-state index contributed by atoms with van der Waals surface area (Å²) in [5.74, 6) is -1.23. The van der Waals surface area contributed by atoms with E-state index in [4.69, 9.17) is 16.9 Å². The maximum absolute atomic E-state index is 13.7. The van der Waals surface area contributed by atoms with Gasteiger partial charge in [-0.1, -0.05) is 17.7 Å². The topological polar surface area (TPSA) is 53.6 Å². The Labute approximate surface area is 144 Å². The van der Waals surface area contributed by atoms with E-state index in [9.17, 15) is 8.78 Å². The van der Waals surface area contributed by atoms with Gasteiger partial charge in [0.1, 0.15) is 16.8 Å². The van der Waals surface area contributed by atoms with E-state index in [1.807, 2.05) is 0 Å². The second-order valence-electron chi connectivity index (χ2n) is 6.11. The number of halogens is 3. The monoisotopic (exact) mass is 350 g/mol. The third-order valence-corrected chi connectivity index (χ3v) is 4.82. The van der Waals surface area contributed by atoms with E-state index < -0.39 is 11.6 Å². The fourth-order valence-corrected chi connectivity index (χ4v) is 2.95. The van der Waals surface area contributed by atoms with Crippen LogP contribution in [-0.4, -0.2) is 21.9 Å². The van der Waals surface area contributed by atoms with E-state index >= 15 is 0 Å². The minimum absolute atomic E-state index is 0.0342. The van der Waals surface area contributed by atoms with Gasteiger partial charge in [0.05, 0.1) is 25.2 Å². The summed E-state index contributed by atoms with van der Waals surface area (Å²) < 4.78 is 28.8. The largest absolute Gasteiger partial charge is 0.310 e. The highest BCUT2D eigenvalue weighted by molar-refractivity contribution is 6.30. The van der Waals surface area contributed by atoms with Crippen LogP contribution in [0.1, 0.15) is 30.4 Å². The summed E-state index contributed by atoms with van der Waals surface area (Å²) in [6, 6.07) is 5.95. The molecule has 0 bridgehead atoms. The molecule has 1 N–H and O–H groups in total. The van der Waals surface area contributed by atoms with Gasteiger partial charge in [0.25, 0.3) is 0 Å². The molecule has 1 aromatic heterocycles. The van der Waals surface area contributed by atoms with Gasteiger partial charge in [0.15, 0.2) is 0 Å². The van der Waals surface area contributed by atoms with Gasteiger partial charge in [-0.25, -0.2) is 13.5 Å². The van der Waals surface area contributed by atoms with Crippen LogP contribution in [0.3, 0.4) is 0 Å². The van der Waals surface area contributed by atoms with E-state index in [1.165, 1.54) is 22.9 Å². The second kappa shape index (κ2) is 6.88. The lowest BCUT2D eigenvalue weighted by Crippen LogP contribution is -2.32. The fourth-order valence-electron chi connectivity index (χ4n) is 2.70. The average molecular weight is 351 g/mol. The number of rotatable bonds is 7. The molecule has 0 radical (unpaired) electrons. The number of nitriles is 1. The summed E-state index contributed by atoms with van der Waals surface area (Å²) in [5, 5.41) is 16.7. The van der Waals surface area contributed by atoms with E-state index in [2.05, 4.69) is 16.5 Å². The molecule has 2 aromatic rings. The van der Waals surface area contributed by atoms with Crippen LogP contribution in [0, 0.1) is 23.0 Å². The minimum Gasteiger partial charge on any atom is -0.310 e. The molecular weight excluding hydrogens is 334 g/mol. The fraction of sp³-hybridized carbons (Fsp3) is 0.412. The van der Waals surface area contributed by atoms with Crippen molar-refractivity contribution in [3.05, 3.63) is 52.3 Å². The molecule has 1 heterocycles.